The molecule has 1 unspecified atom stereocenters. The Morgan fingerprint density at radius 2 is 2.50 bits per heavy atom. The summed E-state index contributed by atoms with van der Waals surface area (Å²) in [4.78, 5) is 17.3. The highest BCUT2D eigenvalue weighted by atomic mass is 32.2. The predicted molar refractivity (Wildman–Crippen MR) is 67.1 cm³/mol. The van der Waals surface area contributed by atoms with Crippen molar-refractivity contribution < 1.29 is 9.90 Å². The lowest BCUT2D eigenvalue weighted by molar-refractivity contribution is -0.135. The van der Waals surface area contributed by atoms with Crippen LogP contribution in [0.25, 0.3) is 0 Å². The molecule has 0 saturated carbocycles. The molecule has 1 aliphatic heterocycles. The minimum Gasteiger partial charge on any atom is -0.480 e. The van der Waals surface area contributed by atoms with Crippen molar-refractivity contribution in [2.75, 3.05) is 11.4 Å². The van der Waals surface area contributed by atoms with Crippen LogP contribution in [0.4, 0.5) is 5.69 Å². The molecule has 6 heteroatoms. The Bertz CT molecular complexity index is 450. The molecule has 16 heavy (non-hydrogen) atoms. The fourth-order valence-electron chi connectivity index (χ4n) is 1.53. The number of fused-ring (bicyclic) bond motifs is 1. The number of nitrogens with zero attached hydrogens (tertiary/aromatic N) is 2. The molecule has 4 nitrogen and oxygen atoms in total. The number of carbonyl (C=O) groups is 1. The van der Waals surface area contributed by atoms with Crippen LogP contribution in [0.15, 0.2) is 23.4 Å². The largest absolute Gasteiger partial charge is 0.480 e. The zero-order valence-electron chi connectivity index (χ0n) is 8.58. The van der Waals surface area contributed by atoms with Gasteiger partial charge >= 0.3 is 5.97 Å². The van der Waals surface area contributed by atoms with Crippen molar-refractivity contribution in [2.24, 2.45) is 0 Å². The standard InChI is InChI=1S/C10H10N2O2S2/c1-6-10(15)12(5-8(13)14)7-3-2-4-11-9(7)16-6/h2-4,6H,5H2,1H3,(H,13,14). The van der Waals surface area contributed by atoms with Gasteiger partial charge in [0.1, 0.15) is 11.6 Å². The smallest absolute Gasteiger partial charge is 0.323 e. The lowest BCUT2D eigenvalue weighted by atomic mass is 10.3. The third-order valence-electron chi connectivity index (χ3n) is 2.24. The van der Waals surface area contributed by atoms with Gasteiger partial charge in [-0.2, -0.15) is 0 Å². The first kappa shape index (κ1) is 11.3. The summed E-state index contributed by atoms with van der Waals surface area (Å²) in [7, 11) is 0. The number of hydrogen-bond donors (Lipinski definition) is 1. The van der Waals surface area contributed by atoms with Gasteiger partial charge in [-0.3, -0.25) is 4.79 Å². The first-order valence-corrected chi connectivity index (χ1v) is 6.03. The summed E-state index contributed by atoms with van der Waals surface area (Å²) in [6.07, 6.45) is 1.70. The number of anilines is 1. The molecule has 0 radical (unpaired) electrons. The van der Waals surface area contributed by atoms with Crippen LogP contribution in [0.2, 0.25) is 0 Å². The van der Waals surface area contributed by atoms with Crippen molar-refractivity contribution in [3.05, 3.63) is 18.3 Å². The highest BCUT2D eigenvalue weighted by Crippen LogP contribution is 2.37. The zero-order valence-corrected chi connectivity index (χ0v) is 10.2. The molecule has 1 aliphatic rings. The molecule has 0 amide bonds. The zero-order chi connectivity index (χ0) is 11.7. The van der Waals surface area contributed by atoms with E-state index in [1.54, 1.807) is 28.9 Å². The average molecular weight is 254 g/mol. The molecule has 0 spiro atoms. The van der Waals surface area contributed by atoms with E-state index in [1.165, 1.54) is 0 Å². The van der Waals surface area contributed by atoms with E-state index >= 15 is 0 Å². The van der Waals surface area contributed by atoms with Crippen molar-refractivity contribution in [2.45, 2.75) is 17.2 Å². The lowest BCUT2D eigenvalue weighted by Crippen LogP contribution is -2.41. The summed E-state index contributed by atoms with van der Waals surface area (Å²) in [6.45, 7) is 1.85. The number of pyridine rings is 1. The SMILES string of the molecule is CC1Sc2ncccc2N(CC(=O)O)C1=S. The quantitative estimate of drug-likeness (QED) is 0.812. The summed E-state index contributed by atoms with van der Waals surface area (Å²) in [5, 5.41) is 9.78. The van der Waals surface area contributed by atoms with Crippen molar-refractivity contribution in [1.82, 2.24) is 4.98 Å². The molecule has 0 aromatic carbocycles. The van der Waals surface area contributed by atoms with Crippen LogP contribution in [0.1, 0.15) is 6.92 Å². The van der Waals surface area contributed by atoms with E-state index in [4.69, 9.17) is 17.3 Å². The van der Waals surface area contributed by atoms with E-state index in [9.17, 15) is 4.79 Å². The highest BCUT2D eigenvalue weighted by molar-refractivity contribution is 8.02. The number of rotatable bonds is 2. The third kappa shape index (κ3) is 2.03. The molecular weight excluding hydrogens is 244 g/mol. The van der Waals surface area contributed by atoms with Gasteiger partial charge in [-0.05, 0) is 19.1 Å². The Morgan fingerprint density at radius 3 is 3.19 bits per heavy atom. The lowest BCUT2D eigenvalue weighted by Gasteiger charge is -2.32. The molecule has 2 heterocycles. The molecule has 0 bridgehead atoms. The first-order chi connectivity index (χ1) is 7.59. The molecule has 1 aromatic rings. The molecular formula is C10H10N2O2S2. The van der Waals surface area contributed by atoms with E-state index in [2.05, 4.69) is 4.98 Å². The molecule has 1 aromatic heterocycles. The van der Waals surface area contributed by atoms with E-state index in [0.717, 1.165) is 10.7 Å². The second kappa shape index (κ2) is 4.39. The molecule has 1 N–H and O–H groups in total. The number of aromatic nitrogens is 1. The van der Waals surface area contributed by atoms with E-state index in [-0.39, 0.29) is 11.8 Å². The van der Waals surface area contributed by atoms with Gasteiger partial charge in [-0.1, -0.05) is 24.0 Å². The van der Waals surface area contributed by atoms with Crippen LogP contribution in [-0.2, 0) is 4.79 Å². The van der Waals surface area contributed by atoms with E-state index < -0.39 is 5.97 Å². The molecule has 0 fully saturated rings. The number of carboxylic acids is 1. The monoisotopic (exact) mass is 254 g/mol. The Labute approximate surface area is 103 Å². The van der Waals surface area contributed by atoms with Crippen molar-refractivity contribution >= 4 is 40.6 Å². The second-order valence-corrected chi connectivity index (χ2v) is 5.15. The third-order valence-corrected chi connectivity index (χ3v) is 4.08. The Hall–Kier alpha value is -1.14. The van der Waals surface area contributed by atoms with Gasteiger partial charge < -0.3 is 10.0 Å². The predicted octanol–water partition coefficient (Wildman–Crippen LogP) is 1.79. The summed E-state index contributed by atoms with van der Waals surface area (Å²) < 4.78 is 0. The fraction of sp³-hybridized carbons (Fsp3) is 0.300. The normalized spacial score (nSPS) is 19.4. The van der Waals surface area contributed by atoms with Crippen LogP contribution in [0, 0.1) is 0 Å². The van der Waals surface area contributed by atoms with Gasteiger partial charge in [0.25, 0.3) is 0 Å². The molecule has 0 saturated heterocycles. The molecule has 84 valence electrons. The number of carboxylic acid groups (broad SMARTS) is 1. The minimum absolute atomic E-state index is 0.0803. The molecule has 1 atom stereocenters. The average Bonchev–Trinajstić information content (AvgIpc) is 2.24. The van der Waals surface area contributed by atoms with Crippen LogP contribution in [0.5, 0.6) is 0 Å². The molecule has 0 aliphatic carbocycles. The van der Waals surface area contributed by atoms with E-state index in [0.29, 0.717) is 4.99 Å². The van der Waals surface area contributed by atoms with Crippen molar-refractivity contribution in [3.8, 4) is 0 Å². The van der Waals surface area contributed by atoms with Gasteiger partial charge in [0, 0.05) is 6.20 Å². The van der Waals surface area contributed by atoms with Crippen LogP contribution in [0.3, 0.4) is 0 Å². The van der Waals surface area contributed by atoms with Gasteiger partial charge in [0.15, 0.2) is 0 Å². The number of hydrogen-bond acceptors (Lipinski definition) is 4. The van der Waals surface area contributed by atoms with Crippen molar-refractivity contribution in [1.29, 1.82) is 0 Å². The maximum absolute atomic E-state index is 10.8. The van der Waals surface area contributed by atoms with Crippen LogP contribution < -0.4 is 4.90 Å². The summed E-state index contributed by atoms with van der Waals surface area (Å²) in [6, 6.07) is 3.63. The summed E-state index contributed by atoms with van der Waals surface area (Å²) >= 11 is 6.82. The van der Waals surface area contributed by atoms with E-state index in [1.807, 2.05) is 13.0 Å². The second-order valence-electron chi connectivity index (χ2n) is 3.41. The minimum atomic E-state index is -0.892. The van der Waals surface area contributed by atoms with Crippen LogP contribution in [-0.4, -0.2) is 32.8 Å². The van der Waals surface area contributed by atoms with Crippen LogP contribution >= 0.6 is 24.0 Å². The van der Waals surface area contributed by atoms with Gasteiger partial charge in [0.2, 0.25) is 0 Å². The number of aliphatic carboxylic acids is 1. The first-order valence-electron chi connectivity index (χ1n) is 4.74. The van der Waals surface area contributed by atoms with Gasteiger partial charge in [0.05, 0.1) is 15.9 Å². The maximum atomic E-state index is 10.8. The maximum Gasteiger partial charge on any atom is 0.323 e. The number of thioether (sulfide) groups is 1. The summed E-state index contributed by atoms with van der Waals surface area (Å²) in [5.74, 6) is -0.892. The Morgan fingerprint density at radius 1 is 1.75 bits per heavy atom. The topological polar surface area (TPSA) is 53.4 Å². The molecule has 2 rings (SSSR count). The number of thiocarbonyl (C=S) groups is 1. The summed E-state index contributed by atoms with van der Waals surface area (Å²) in [5.41, 5.74) is 0.790. The van der Waals surface area contributed by atoms with Gasteiger partial charge in [-0.15, -0.1) is 0 Å². The fourth-order valence-corrected chi connectivity index (χ4v) is 2.82. The van der Waals surface area contributed by atoms with Crippen molar-refractivity contribution in [3.63, 3.8) is 0 Å². The van der Waals surface area contributed by atoms with Gasteiger partial charge in [-0.25, -0.2) is 4.98 Å². The Kier molecular flexibility index (Phi) is 3.11. The highest BCUT2D eigenvalue weighted by Gasteiger charge is 2.29. The Balaban J connectivity index is 2.41.